The van der Waals surface area contributed by atoms with Gasteiger partial charge in [-0.1, -0.05) is 31.1 Å². The Kier molecular flexibility index (Phi) is 5.67. The molecule has 1 fully saturated rings. The number of pyridine rings is 1. The number of rotatable bonds is 4. The van der Waals surface area contributed by atoms with E-state index >= 15 is 0 Å². The highest BCUT2D eigenvalue weighted by Crippen LogP contribution is 2.32. The molecular formula is C24H27N5O3S. The van der Waals surface area contributed by atoms with Gasteiger partial charge in [-0.3, -0.25) is 0 Å². The summed E-state index contributed by atoms with van der Waals surface area (Å²) in [5.74, 6) is 0. The molecule has 33 heavy (non-hydrogen) atoms. The summed E-state index contributed by atoms with van der Waals surface area (Å²) >= 11 is 0. The zero-order chi connectivity index (χ0) is 23.0. The molecule has 0 atom stereocenters. The van der Waals surface area contributed by atoms with Gasteiger partial charge in [-0.25, -0.2) is 23.3 Å². The quantitative estimate of drug-likeness (QED) is 0.545. The lowest BCUT2D eigenvalue weighted by atomic mass is 9.98. The van der Waals surface area contributed by atoms with Crippen molar-refractivity contribution in [2.75, 3.05) is 13.1 Å². The minimum Gasteiger partial charge on any atom is -0.346 e. The zero-order valence-electron chi connectivity index (χ0n) is 18.3. The average Bonchev–Trinajstić information content (AvgIpc) is 3.48. The average molecular weight is 466 g/mol. The second-order valence-corrected chi connectivity index (χ2v) is 10.3. The summed E-state index contributed by atoms with van der Waals surface area (Å²) in [6.07, 6.45) is 11.1. The third-order valence-electron chi connectivity index (χ3n) is 6.55. The molecule has 4 N–H and O–H groups in total. The normalized spacial score (nSPS) is 17.4. The highest BCUT2D eigenvalue weighted by atomic mass is 32.2. The van der Waals surface area contributed by atoms with Crippen LogP contribution in [0.3, 0.4) is 0 Å². The molecule has 5 rings (SSSR count). The summed E-state index contributed by atoms with van der Waals surface area (Å²) in [5, 5.41) is 9.41. The largest absolute Gasteiger partial charge is 0.346 e. The molecule has 3 aromatic rings. The van der Waals surface area contributed by atoms with Crippen molar-refractivity contribution in [2.24, 2.45) is 5.14 Å². The van der Waals surface area contributed by atoms with Crippen LogP contribution in [0, 0.1) is 0 Å². The van der Waals surface area contributed by atoms with Gasteiger partial charge in [0.2, 0.25) is 10.0 Å². The van der Waals surface area contributed by atoms with Crippen LogP contribution in [0.5, 0.6) is 0 Å². The smallest absolute Gasteiger partial charge is 0.317 e. The molecule has 1 aromatic carbocycles. The zero-order valence-corrected chi connectivity index (χ0v) is 19.1. The molecule has 172 valence electrons. The van der Waals surface area contributed by atoms with Crippen LogP contribution in [0.1, 0.15) is 37.7 Å². The van der Waals surface area contributed by atoms with Crippen molar-refractivity contribution < 1.29 is 13.2 Å². The summed E-state index contributed by atoms with van der Waals surface area (Å²) in [6.45, 7) is 1.24. The van der Waals surface area contributed by atoms with Crippen molar-refractivity contribution >= 4 is 32.7 Å². The van der Waals surface area contributed by atoms with Crippen molar-refractivity contribution in [1.29, 1.82) is 0 Å². The van der Waals surface area contributed by atoms with E-state index in [-0.39, 0.29) is 10.9 Å². The molecule has 3 heterocycles. The number of nitrogens with one attached hydrogen (secondary N) is 2. The number of urea groups is 1. The van der Waals surface area contributed by atoms with Crippen LogP contribution < -0.4 is 10.5 Å². The number of sulfonamides is 1. The number of nitrogens with zero attached hydrogens (tertiary/aromatic N) is 2. The van der Waals surface area contributed by atoms with Gasteiger partial charge in [0.25, 0.3) is 0 Å². The first-order valence-electron chi connectivity index (χ1n) is 11.2. The van der Waals surface area contributed by atoms with Crippen LogP contribution in [0.25, 0.3) is 27.7 Å². The Hall–Kier alpha value is -3.17. The van der Waals surface area contributed by atoms with Crippen LogP contribution >= 0.6 is 0 Å². The number of hydrogen-bond donors (Lipinski definition) is 3. The molecule has 0 saturated heterocycles. The lowest BCUT2D eigenvalue weighted by Crippen LogP contribution is -2.45. The number of aromatic nitrogens is 2. The van der Waals surface area contributed by atoms with Gasteiger partial charge in [-0.2, -0.15) is 0 Å². The number of nitrogens with two attached hydrogens (primary N) is 1. The van der Waals surface area contributed by atoms with Crippen molar-refractivity contribution in [3.8, 4) is 11.1 Å². The summed E-state index contributed by atoms with van der Waals surface area (Å²) in [7, 11) is -3.78. The van der Waals surface area contributed by atoms with Gasteiger partial charge in [0.1, 0.15) is 5.65 Å². The third-order valence-corrected chi connectivity index (χ3v) is 7.46. The highest BCUT2D eigenvalue weighted by Gasteiger charge is 2.23. The van der Waals surface area contributed by atoms with Gasteiger partial charge in [-0.05, 0) is 48.6 Å². The topological polar surface area (TPSA) is 121 Å². The van der Waals surface area contributed by atoms with Crippen molar-refractivity contribution in [2.45, 2.75) is 43.0 Å². The van der Waals surface area contributed by atoms with Crippen molar-refractivity contribution in [3.63, 3.8) is 0 Å². The fraction of sp³-hybridized carbons (Fsp3) is 0.333. The van der Waals surface area contributed by atoms with E-state index < -0.39 is 10.0 Å². The molecule has 1 saturated carbocycles. The minimum absolute atomic E-state index is 0.0230. The minimum atomic E-state index is -3.78. The summed E-state index contributed by atoms with van der Waals surface area (Å²) in [6, 6.07) is 8.90. The fourth-order valence-corrected chi connectivity index (χ4v) is 5.27. The van der Waals surface area contributed by atoms with Gasteiger partial charge in [0.15, 0.2) is 0 Å². The molecule has 0 bridgehead atoms. The SMILES string of the molecule is NS(=O)(=O)c1cccc(-c2cnc3[nH]cc(C4=CCN(C(=O)NC5CCCC5)CC4)c3c2)c1. The maximum Gasteiger partial charge on any atom is 0.317 e. The Balaban J connectivity index is 1.38. The number of fused-ring (bicyclic) bond motifs is 1. The lowest BCUT2D eigenvalue weighted by Gasteiger charge is -2.28. The van der Waals surface area contributed by atoms with Crippen molar-refractivity contribution in [3.05, 3.63) is 54.4 Å². The Labute approximate surface area is 192 Å². The van der Waals surface area contributed by atoms with E-state index in [1.807, 2.05) is 23.2 Å². The molecule has 1 aliphatic carbocycles. The lowest BCUT2D eigenvalue weighted by molar-refractivity contribution is 0.199. The van der Waals surface area contributed by atoms with Gasteiger partial charge in [0.05, 0.1) is 4.90 Å². The predicted molar refractivity (Wildman–Crippen MR) is 128 cm³/mol. The van der Waals surface area contributed by atoms with Crippen LogP contribution in [-0.2, 0) is 10.0 Å². The Bertz CT molecular complexity index is 1340. The standard InChI is InChI=1S/C24H27N5O3S/c25-33(31,32)20-7-3-4-17(12-20)18-13-21-22(15-27-23(21)26-14-18)16-8-10-29(11-9-16)24(30)28-19-5-1-2-6-19/h3-4,7-8,12-15,19H,1-2,5-6,9-11H2,(H,26,27)(H,28,30)(H2,25,31,32). The van der Waals surface area contributed by atoms with Crippen LogP contribution in [0.15, 0.2) is 53.7 Å². The maximum absolute atomic E-state index is 12.6. The summed E-state index contributed by atoms with van der Waals surface area (Å²) < 4.78 is 23.5. The van der Waals surface area contributed by atoms with Gasteiger partial charge >= 0.3 is 6.03 Å². The third kappa shape index (κ3) is 4.51. The van der Waals surface area contributed by atoms with Crippen molar-refractivity contribution in [1.82, 2.24) is 20.2 Å². The molecule has 0 radical (unpaired) electrons. The predicted octanol–water partition coefficient (Wildman–Crippen LogP) is 3.62. The fourth-order valence-electron chi connectivity index (χ4n) is 4.71. The Morgan fingerprint density at radius 1 is 1.18 bits per heavy atom. The number of carbonyl (C=O) groups excluding carboxylic acids is 1. The van der Waals surface area contributed by atoms with E-state index in [2.05, 4.69) is 21.4 Å². The second kappa shape index (κ2) is 8.64. The van der Waals surface area contributed by atoms with Crippen LogP contribution in [-0.4, -0.2) is 48.4 Å². The Morgan fingerprint density at radius 2 is 2.00 bits per heavy atom. The van der Waals surface area contributed by atoms with E-state index in [1.165, 1.54) is 24.5 Å². The van der Waals surface area contributed by atoms with E-state index in [9.17, 15) is 13.2 Å². The molecule has 9 heteroatoms. The molecule has 8 nitrogen and oxygen atoms in total. The van der Waals surface area contributed by atoms with Crippen LogP contribution in [0.4, 0.5) is 4.79 Å². The first-order valence-corrected chi connectivity index (χ1v) is 12.8. The molecule has 2 aromatic heterocycles. The molecule has 2 aliphatic rings. The Morgan fingerprint density at radius 3 is 2.73 bits per heavy atom. The van der Waals surface area contributed by atoms with E-state index in [0.717, 1.165) is 47.0 Å². The number of carbonyl (C=O) groups is 1. The molecule has 0 spiro atoms. The molecular weight excluding hydrogens is 438 g/mol. The first kappa shape index (κ1) is 21.7. The van der Waals surface area contributed by atoms with E-state index in [1.54, 1.807) is 18.3 Å². The van der Waals surface area contributed by atoms with Crippen LogP contribution in [0.2, 0.25) is 0 Å². The number of hydrogen-bond acceptors (Lipinski definition) is 4. The summed E-state index contributed by atoms with van der Waals surface area (Å²) in [5.41, 5.74) is 4.53. The second-order valence-electron chi connectivity index (χ2n) is 8.75. The maximum atomic E-state index is 12.6. The number of H-pyrrole nitrogens is 1. The van der Waals surface area contributed by atoms with Gasteiger partial charge < -0.3 is 15.2 Å². The number of benzene rings is 1. The number of primary sulfonamides is 1. The molecule has 1 aliphatic heterocycles. The van der Waals surface area contributed by atoms with E-state index in [4.69, 9.17) is 5.14 Å². The highest BCUT2D eigenvalue weighted by molar-refractivity contribution is 7.89. The molecule has 0 unspecified atom stereocenters. The van der Waals surface area contributed by atoms with Gasteiger partial charge in [-0.15, -0.1) is 0 Å². The molecule has 2 amide bonds. The summed E-state index contributed by atoms with van der Waals surface area (Å²) in [4.78, 5) is 22.3. The first-order chi connectivity index (χ1) is 15.9. The number of aromatic amines is 1. The monoisotopic (exact) mass is 465 g/mol. The number of amides is 2. The van der Waals surface area contributed by atoms with Gasteiger partial charge in [0, 0.05) is 48.0 Å². The van der Waals surface area contributed by atoms with E-state index in [0.29, 0.717) is 19.1 Å².